The molecule has 2 aromatic rings. The second-order valence-corrected chi connectivity index (χ2v) is 8.46. The van der Waals surface area contributed by atoms with Crippen molar-refractivity contribution in [3.8, 4) is 0 Å². The molecule has 4 rings (SSSR count). The third-order valence-electron chi connectivity index (χ3n) is 5.34. The highest BCUT2D eigenvalue weighted by Gasteiger charge is 2.30. The van der Waals surface area contributed by atoms with E-state index in [4.69, 9.17) is 11.6 Å². The Morgan fingerprint density at radius 2 is 2.04 bits per heavy atom. The summed E-state index contributed by atoms with van der Waals surface area (Å²) in [7, 11) is 0. The van der Waals surface area contributed by atoms with Crippen molar-refractivity contribution in [2.24, 2.45) is 5.92 Å². The summed E-state index contributed by atoms with van der Waals surface area (Å²) in [5.74, 6) is 0.880. The van der Waals surface area contributed by atoms with Gasteiger partial charge in [-0.05, 0) is 43.0 Å². The maximum absolute atomic E-state index is 13.0. The molecular weight excluding hydrogens is 368 g/mol. The number of nitrogens with one attached hydrogen (secondary N) is 1. The van der Waals surface area contributed by atoms with E-state index in [1.54, 1.807) is 17.5 Å². The third-order valence-corrected chi connectivity index (χ3v) is 6.57. The molecule has 1 saturated carbocycles. The van der Waals surface area contributed by atoms with Crippen LogP contribution >= 0.6 is 22.9 Å². The first-order chi connectivity index (χ1) is 12.7. The van der Waals surface area contributed by atoms with E-state index < -0.39 is 0 Å². The molecule has 1 aliphatic carbocycles. The highest BCUT2D eigenvalue weighted by molar-refractivity contribution is 7.10. The number of aromatic nitrogens is 2. The van der Waals surface area contributed by atoms with Gasteiger partial charge in [-0.3, -0.25) is 4.79 Å². The van der Waals surface area contributed by atoms with Gasteiger partial charge in [0.25, 0.3) is 5.91 Å². The minimum absolute atomic E-state index is 0.0336. The van der Waals surface area contributed by atoms with Crippen LogP contribution in [-0.4, -0.2) is 29.0 Å². The fraction of sp³-hybridized carbons (Fsp3) is 0.526. The molecule has 138 valence electrons. The number of carbonyl (C=O) groups excluding carboxylic acids is 1. The minimum atomic E-state index is -0.205. The quantitative estimate of drug-likeness (QED) is 0.819. The van der Waals surface area contributed by atoms with E-state index in [0.717, 1.165) is 38.8 Å². The van der Waals surface area contributed by atoms with E-state index in [1.807, 2.05) is 6.07 Å². The van der Waals surface area contributed by atoms with Gasteiger partial charge in [-0.1, -0.05) is 30.5 Å². The van der Waals surface area contributed by atoms with Crippen molar-refractivity contribution in [3.05, 3.63) is 39.3 Å². The van der Waals surface area contributed by atoms with E-state index in [2.05, 4.69) is 31.6 Å². The third kappa shape index (κ3) is 3.71. The van der Waals surface area contributed by atoms with Crippen LogP contribution in [0.4, 0.5) is 5.95 Å². The maximum Gasteiger partial charge on any atom is 0.272 e. The molecule has 1 N–H and O–H groups in total. The molecule has 2 aliphatic rings. The maximum atomic E-state index is 13.0. The SMILES string of the molecule is O=C(N[C@H](c1cccs1)C1CCCC1)c1nc(N2CCCC2)ncc1Cl. The number of hydrogen-bond acceptors (Lipinski definition) is 5. The zero-order valence-electron chi connectivity index (χ0n) is 14.7. The Kier molecular flexibility index (Phi) is 5.41. The average molecular weight is 391 g/mol. The van der Waals surface area contributed by atoms with Gasteiger partial charge in [-0.25, -0.2) is 9.97 Å². The van der Waals surface area contributed by atoms with E-state index in [-0.39, 0.29) is 17.6 Å². The Labute approximate surface area is 162 Å². The van der Waals surface area contributed by atoms with Crippen LogP contribution in [0.2, 0.25) is 5.02 Å². The van der Waals surface area contributed by atoms with Crippen molar-refractivity contribution in [3.63, 3.8) is 0 Å². The fourth-order valence-electron chi connectivity index (χ4n) is 3.98. The van der Waals surface area contributed by atoms with Crippen molar-refractivity contribution >= 4 is 34.8 Å². The number of nitrogens with zero attached hydrogens (tertiary/aromatic N) is 3. The van der Waals surface area contributed by atoms with Gasteiger partial charge in [0.1, 0.15) is 0 Å². The second kappa shape index (κ2) is 7.92. The molecule has 0 aromatic carbocycles. The lowest BCUT2D eigenvalue weighted by Gasteiger charge is -2.24. The summed E-state index contributed by atoms with van der Waals surface area (Å²) in [6.45, 7) is 1.87. The Morgan fingerprint density at radius 1 is 1.27 bits per heavy atom. The number of amides is 1. The molecule has 7 heteroatoms. The van der Waals surface area contributed by atoms with Crippen molar-refractivity contribution in [1.82, 2.24) is 15.3 Å². The van der Waals surface area contributed by atoms with Crippen molar-refractivity contribution in [1.29, 1.82) is 0 Å². The summed E-state index contributed by atoms with van der Waals surface area (Å²) in [4.78, 5) is 25.1. The van der Waals surface area contributed by atoms with E-state index >= 15 is 0 Å². The summed E-state index contributed by atoms with van der Waals surface area (Å²) in [5, 5.41) is 5.58. The zero-order chi connectivity index (χ0) is 17.9. The second-order valence-electron chi connectivity index (χ2n) is 7.07. The van der Waals surface area contributed by atoms with Gasteiger partial charge >= 0.3 is 0 Å². The molecule has 2 fully saturated rings. The summed E-state index contributed by atoms with van der Waals surface area (Å²) in [6.07, 6.45) is 8.59. The Bertz CT molecular complexity index is 755. The Balaban J connectivity index is 1.56. The number of hydrogen-bond donors (Lipinski definition) is 1. The smallest absolute Gasteiger partial charge is 0.272 e. The zero-order valence-corrected chi connectivity index (χ0v) is 16.2. The largest absolute Gasteiger partial charge is 0.343 e. The topological polar surface area (TPSA) is 58.1 Å². The lowest BCUT2D eigenvalue weighted by Crippen LogP contribution is -2.33. The molecule has 3 heterocycles. The van der Waals surface area contributed by atoms with Crippen LogP contribution in [0.1, 0.15) is 59.9 Å². The van der Waals surface area contributed by atoms with Gasteiger partial charge in [0.15, 0.2) is 5.69 Å². The molecule has 0 unspecified atom stereocenters. The number of anilines is 1. The molecule has 26 heavy (non-hydrogen) atoms. The normalized spacial score (nSPS) is 19.0. The highest BCUT2D eigenvalue weighted by Crippen LogP contribution is 2.37. The summed E-state index contributed by atoms with van der Waals surface area (Å²) < 4.78 is 0. The van der Waals surface area contributed by atoms with Gasteiger partial charge in [0, 0.05) is 18.0 Å². The lowest BCUT2D eigenvalue weighted by atomic mass is 9.96. The van der Waals surface area contributed by atoms with E-state index in [1.165, 1.54) is 17.7 Å². The first-order valence-electron chi connectivity index (χ1n) is 9.34. The molecule has 0 radical (unpaired) electrons. The molecular formula is C19H23ClN4OS. The summed E-state index contributed by atoms with van der Waals surface area (Å²) in [6, 6.07) is 4.17. The highest BCUT2D eigenvalue weighted by atomic mass is 35.5. The van der Waals surface area contributed by atoms with Gasteiger partial charge < -0.3 is 10.2 Å². The monoisotopic (exact) mass is 390 g/mol. The molecule has 1 saturated heterocycles. The van der Waals surface area contributed by atoms with Crippen molar-refractivity contribution < 1.29 is 4.79 Å². The van der Waals surface area contributed by atoms with Crippen LogP contribution in [0.5, 0.6) is 0 Å². The molecule has 0 bridgehead atoms. The standard InChI is InChI=1S/C19H23ClN4OS/c20-14-12-21-19(24-9-3-4-10-24)23-17(14)18(25)22-16(13-6-1-2-7-13)15-8-5-11-26-15/h5,8,11-13,16H,1-4,6-7,9-10H2,(H,22,25)/t16-/m0/s1. The van der Waals surface area contributed by atoms with E-state index in [0.29, 0.717) is 16.9 Å². The van der Waals surface area contributed by atoms with E-state index in [9.17, 15) is 4.79 Å². The molecule has 1 atom stereocenters. The predicted molar refractivity (Wildman–Crippen MR) is 105 cm³/mol. The lowest BCUT2D eigenvalue weighted by molar-refractivity contribution is 0.0918. The number of halogens is 1. The predicted octanol–water partition coefficient (Wildman–Crippen LogP) is 4.45. The Morgan fingerprint density at radius 3 is 2.73 bits per heavy atom. The first kappa shape index (κ1) is 17.7. The van der Waals surface area contributed by atoms with Crippen LogP contribution in [0, 0.1) is 5.92 Å². The fourth-order valence-corrected chi connectivity index (χ4v) is 5.02. The first-order valence-corrected chi connectivity index (χ1v) is 10.6. The van der Waals surface area contributed by atoms with Gasteiger partial charge in [-0.2, -0.15) is 0 Å². The molecule has 2 aromatic heterocycles. The van der Waals surface area contributed by atoms with Crippen LogP contribution in [0.15, 0.2) is 23.7 Å². The van der Waals surface area contributed by atoms with Crippen LogP contribution in [0.3, 0.4) is 0 Å². The molecule has 5 nitrogen and oxygen atoms in total. The van der Waals surface area contributed by atoms with Gasteiger partial charge in [0.2, 0.25) is 5.95 Å². The van der Waals surface area contributed by atoms with Crippen LogP contribution in [-0.2, 0) is 0 Å². The molecule has 0 spiro atoms. The molecule has 1 aliphatic heterocycles. The van der Waals surface area contributed by atoms with Crippen LogP contribution < -0.4 is 10.2 Å². The number of thiophene rings is 1. The van der Waals surface area contributed by atoms with Crippen molar-refractivity contribution in [2.75, 3.05) is 18.0 Å². The molecule has 1 amide bonds. The summed E-state index contributed by atoms with van der Waals surface area (Å²) >= 11 is 7.96. The minimum Gasteiger partial charge on any atom is -0.343 e. The van der Waals surface area contributed by atoms with Gasteiger partial charge in [0.05, 0.1) is 17.3 Å². The number of rotatable bonds is 5. The summed E-state index contributed by atoms with van der Waals surface area (Å²) in [5.41, 5.74) is 0.281. The number of carbonyl (C=O) groups is 1. The van der Waals surface area contributed by atoms with Crippen LogP contribution in [0.25, 0.3) is 0 Å². The van der Waals surface area contributed by atoms with Crippen molar-refractivity contribution in [2.45, 2.75) is 44.6 Å². The Hall–Kier alpha value is -1.66. The average Bonchev–Trinajstić information content (AvgIpc) is 3.43. The van der Waals surface area contributed by atoms with Gasteiger partial charge in [-0.15, -0.1) is 11.3 Å².